The first kappa shape index (κ1) is 13.0. The average molecular weight is 265 g/mol. The molecule has 4 heteroatoms. The number of pyridine rings is 1. The van der Waals surface area contributed by atoms with Crippen LogP contribution in [0.3, 0.4) is 0 Å². The van der Waals surface area contributed by atoms with E-state index in [0.29, 0.717) is 6.54 Å². The summed E-state index contributed by atoms with van der Waals surface area (Å²) in [6, 6.07) is 6.83. The van der Waals surface area contributed by atoms with E-state index in [1.807, 2.05) is 19.3 Å². The number of aromatic nitrogens is 1. The third-order valence-electron chi connectivity index (χ3n) is 2.57. The Morgan fingerprint density at radius 1 is 1.17 bits per heavy atom. The van der Waals surface area contributed by atoms with Gasteiger partial charge in [0.25, 0.3) is 0 Å². The minimum atomic E-state index is -0.386. The molecule has 0 aliphatic heterocycles. The number of nitrogens with one attached hydrogen (secondary N) is 1. The molecule has 1 N–H and O–H groups in total. The van der Waals surface area contributed by atoms with E-state index in [-0.39, 0.29) is 10.8 Å². The van der Waals surface area contributed by atoms with Crippen molar-refractivity contribution < 1.29 is 4.39 Å². The second kappa shape index (κ2) is 5.94. The van der Waals surface area contributed by atoms with Crippen LogP contribution in [0, 0.1) is 12.7 Å². The molecular weight excluding hydrogens is 251 g/mol. The van der Waals surface area contributed by atoms with E-state index in [4.69, 9.17) is 11.6 Å². The molecule has 18 heavy (non-hydrogen) atoms. The highest BCUT2D eigenvalue weighted by Crippen LogP contribution is 2.15. The lowest BCUT2D eigenvalue weighted by Gasteiger charge is -2.06. The van der Waals surface area contributed by atoms with Crippen molar-refractivity contribution >= 4 is 11.6 Å². The van der Waals surface area contributed by atoms with Crippen molar-refractivity contribution in [3.8, 4) is 0 Å². The van der Waals surface area contributed by atoms with Crippen LogP contribution in [0.2, 0.25) is 5.02 Å². The lowest BCUT2D eigenvalue weighted by atomic mass is 10.2. The first-order valence-corrected chi connectivity index (χ1v) is 6.08. The van der Waals surface area contributed by atoms with Gasteiger partial charge in [-0.05, 0) is 35.7 Å². The summed E-state index contributed by atoms with van der Waals surface area (Å²) in [5.74, 6) is -0.386. The Bertz CT molecular complexity index is 543. The Labute approximate surface area is 111 Å². The largest absolute Gasteiger partial charge is 0.309 e. The fourth-order valence-corrected chi connectivity index (χ4v) is 1.92. The number of hydrogen-bond donors (Lipinski definition) is 1. The monoisotopic (exact) mass is 264 g/mol. The minimum absolute atomic E-state index is 0.159. The summed E-state index contributed by atoms with van der Waals surface area (Å²) < 4.78 is 13.0. The SMILES string of the molecule is Cc1cncc(CNCc2ccc(F)c(Cl)c2)c1. The molecule has 0 aliphatic carbocycles. The molecule has 0 aliphatic rings. The van der Waals surface area contributed by atoms with Crippen LogP contribution < -0.4 is 5.32 Å². The van der Waals surface area contributed by atoms with Crippen molar-refractivity contribution in [2.75, 3.05) is 0 Å². The fraction of sp³-hybridized carbons (Fsp3) is 0.214. The molecule has 1 heterocycles. The predicted octanol–water partition coefficient (Wildman–Crippen LogP) is 3.47. The van der Waals surface area contributed by atoms with Gasteiger partial charge >= 0.3 is 0 Å². The second-order valence-electron chi connectivity index (χ2n) is 4.22. The van der Waals surface area contributed by atoms with E-state index < -0.39 is 0 Å². The van der Waals surface area contributed by atoms with Gasteiger partial charge in [-0.25, -0.2) is 4.39 Å². The Morgan fingerprint density at radius 2 is 1.94 bits per heavy atom. The molecule has 2 nitrogen and oxygen atoms in total. The number of nitrogens with zero attached hydrogens (tertiary/aromatic N) is 1. The second-order valence-corrected chi connectivity index (χ2v) is 4.63. The fourth-order valence-electron chi connectivity index (χ4n) is 1.71. The van der Waals surface area contributed by atoms with E-state index in [2.05, 4.69) is 16.4 Å². The number of aryl methyl sites for hydroxylation is 1. The molecular formula is C14H14ClFN2. The van der Waals surface area contributed by atoms with Gasteiger partial charge in [0.2, 0.25) is 0 Å². The number of hydrogen-bond acceptors (Lipinski definition) is 2. The van der Waals surface area contributed by atoms with E-state index in [9.17, 15) is 4.39 Å². The molecule has 0 atom stereocenters. The first-order chi connectivity index (χ1) is 8.65. The lowest BCUT2D eigenvalue weighted by Crippen LogP contribution is -2.13. The minimum Gasteiger partial charge on any atom is -0.309 e. The Kier molecular flexibility index (Phi) is 4.28. The van der Waals surface area contributed by atoms with Gasteiger partial charge in [0.05, 0.1) is 5.02 Å². The van der Waals surface area contributed by atoms with E-state index in [1.54, 1.807) is 12.1 Å². The Morgan fingerprint density at radius 3 is 2.67 bits per heavy atom. The highest BCUT2D eigenvalue weighted by atomic mass is 35.5. The van der Waals surface area contributed by atoms with Crippen molar-refractivity contribution in [1.82, 2.24) is 10.3 Å². The third kappa shape index (κ3) is 3.52. The Balaban J connectivity index is 1.90. The zero-order valence-electron chi connectivity index (χ0n) is 10.1. The molecule has 2 aromatic rings. The van der Waals surface area contributed by atoms with Gasteiger partial charge in [-0.1, -0.05) is 23.7 Å². The van der Waals surface area contributed by atoms with Crippen LogP contribution in [0.1, 0.15) is 16.7 Å². The van der Waals surface area contributed by atoms with Gasteiger partial charge in [0, 0.05) is 25.5 Å². The summed E-state index contributed by atoms with van der Waals surface area (Å²) in [5, 5.41) is 3.43. The van der Waals surface area contributed by atoms with Gasteiger partial charge in [-0.15, -0.1) is 0 Å². The number of rotatable bonds is 4. The normalized spacial score (nSPS) is 10.6. The summed E-state index contributed by atoms with van der Waals surface area (Å²) in [6.07, 6.45) is 3.65. The molecule has 0 unspecified atom stereocenters. The van der Waals surface area contributed by atoms with Crippen LogP contribution in [0.4, 0.5) is 4.39 Å². The highest BCUT2D eigenvalue weighted by molar-refractivity contribution is 6.30. The molecule has 0 fully saturated rings. The summed E-state index contributed by atoms with van der Waals surface area (Å²) >= 11 is 5.72. The quantitative estimate of drug-likeness (QED) is 0.915. The van der Waals surface area contributed by atoms with Crippen LogP contribution in [-0.2, 0) is 13.1 Å². The molecule has 0 radical (unpaired) electrons. The molecule has 0 amide bonds. The predicted molar refractivity (Wildman–Crippen MR) is 70.9 cm³/mol. The van der Waals surface area contributed by atoms with E-state index in [0.717, 1.165) is 23.2 Å². The topological polar surface area (TPSA) is 24.9 Å². The van der Waals surface area contributed by atoms with Crippen LogP contribution in [-0.4, -0.2) is 4.98 Å². The van der Waals surface area contributed by atoms with Gasteiger partial charge < -0.3 is 5.32 Å². The molecule has 1 aromatic carbocycles. The van der Waals surface area contributed by atoms with Crippen LogP contribution in [0.25, 0.3) is 0 Å². The molecule has 0 spiro atoms. The van der Waals surface area contributed by atoms with Crippen molar-refractivity contribution in [2.24, 2.45) is 0 Å². The van der Waals surface area contributed by atoms with Gasteiger partial charge in [-0.2, -0.15) is 0 Å². The summed E-state index contributed by atoms with van der Waals surface area (Å²) in [5.41, 5.74) is 3.23. The Hall–Kier alpha value is -1.45. The smallest absolute Gasteiger partial charge is 0.141 e. The molecule has 0 saturated heterocycles. The van der Waals surface area contributed by atoms with Crippen LogP contribution >= 0.6 is 11.6 Å². The summed E-state index contributed by atoms with van der Waals surface area (Å²) in [4.78, 5) is 4.12. The molecule has 0 bridgehead atoms. The van der Waals surface area contributed by atoms with Gasteiger partial charge in [-0.3, -0.25) is 4.98 Å². The van der Waals surface area contributed by atoms with E-state index in [1.165, 1.54) is 6.07 Å². The molecule has 2 rings (SSSR count). The van der Waals surface area contributed by atoms with Crippen LogP contribution in [0.15, 0.2) is 36.7 Å². The van der Waals surface area contributed by atoms with E-state index >= 15 is 0 Å². The number of benzene rings is 1. The van der Waals surface area contributed by atoms with Crippen molar-refractivity contribution in [1.29, 1.82) is 0 Å². The standard InChI is InChI=1S/C14H14ClFN2/c1-10-4-12(8-17-6-10)9-18-7-11-2-3-14(16)13(15)5-11/h2-6,8,18H,7,9H2,1H3. The lowest BCUT2D eigenvalue weighted by molar-refractivity contribution is 0.625. The third-order valence-corrected chi connectivity index (χ3v) is 2.86. The molecule has 94 valence electrons. The van der Waals surface area contributed by atoms with Crippen molar-refractivity contribution in [3.05, 3.63) is 64.2 Å². The number of halogens is 2. The first-order valence-electron chi connectivity index (χ1n) is 5.70. The van der Waals surface area contributed by atoms with Crippen molar-refractivity contribution in [2.45, 2.75) is 20.0 Å². The van der Waals surface area contributed by atoms with Gasteiger partial charge in [0.15, 0.2) is 0 Å². The zero-order valence-corrected chi connectivity index (χ0v) is 10.8. The zero-order chi connectivity index (χ0) is 13.0. The average Bonchev–Trinajstić information content (AvgIpc) is 2.34. The summed E-state index contributed by atoms with van der Waals surface area (Å²) in [7, 11) is 0. The highest BCUT2D eigenvalue weighted by Gasteiger charge is 2.01. The maximum atomic E-state index is 13.0. The van der Waals surface area contributed by atoms with Gasteiger partial charge in [0.1, 0.15) is 5.82 Å². The molecule has 1 aromatic heterocycles. The summed E-state index contributed by atoms with van der Waals surface area (Å²) in [6.45, 7) is 3.38. The van der Waals surface area contributed by atoms with Crippen molar-refractivity contribution in [3.63, 3.8) is 0 Å². The maximum Gasteiger partial charge on any atom is 0.141 e. The molecule has 0 saturated carbocycles. The maximum absolute atomic E-state index is 13.0. The van der Waals surface area contributed by atoms with Crippen LogP contribution in [0.5, 0.6) is 0 Å².